The highest BCUT2D eigenvalue weighted by molar-refractivity contribution is 5.88. The molecule has 7 heterocycles. The van der Waals surface area contributed by atoms with Crippen molar-refractivity contribution in [2.45, 2.75) is 372 Å². The minimum Gasteiger partial charge on any atom is -0.453 e. The highest BCUT2D eigenvalue weighted by atomic mass is 16.8. The molecule has 7 fully saturated rings. The molecule has 0 aliphatic carbocycles. The Morgan fingerprint density at radius 2 is 0.708 bits per heavy atom. The van der Waals surface area contributed by atoms with Gasteiger partial charge in [-0.2, -0.15) is 0 Å². The molecule has 0 radical (unpaired) electrons. The number of carbonyl (C=O) groups excluding carboxylic acids is 1. The highest BCUT2D eigenvalue weighted by Crippen LogP contribution is 2.38. The molecule has 0 aromatic carbocycles. The van der Waals surface area contributed by atoms with Crippen molar-refractivity contribution in [3.05, 3.63) is 95.2 Å². The number of rotatable bonds is 42. The summed E-state index contributed by atoms with van der Waals surface area (Å²) in [6.45, 7) is 21.4. The summed E-state index contributed by atoms with van der Waals surface area (Å²) < 4.78 is 87.6. The van der Waals surface area contributed by atoms with E-state index >= 15 is 0 Å². The lowest BCUT2D eigenvalue weighted by molar-refractivity contribution is -0.375. The third kappa shape index (κ3) is 27.5. The van der Waals surface area contributed by atoms with Gasteiger partial charge in [0.25, 0.3) is 0 Å². The maximum absolute atomic E-state index is 13.5. The minimum atomic E-state index is -1.95. The first-order valence-electron chi connectivity index (χ1n) is 40.9. The van der Waals surface area contributed by atoms with E-state index in [9.17, 15) is 117 Å². The van der Waals surface area contributed by atoms with Gasteiger partial charge in [-0.1, -0.05) is 70.4 Å². The fraction of sp³-hybridized carbons (Fsp3) is 0.793. The zero-order chi connectivity index (χ0) is 89.1. The maximum atomic E-state index is 13.5. The Hall–Kier alpha value is -4.05. The number of aliphatic hydroxyl groups is 22. The molecule has 7 aliphatic rings. The molecule has 38 atom stereocenters. The molecule has 0 saturated carbocycles. The van der Waals surface area contributed by atoms with Gasteiger partial charge in [-0.15, -0.1) is 13.2 Å². The van der Waals surface area contributed by atoms with Crippen LogP contribution >= 0.6 is 0 Å². The lowest BCUT2D eigenvalue weighted by Gasteiger charge is -2.47. The van der Waals surface area contributed by atoms with Gasteiger partial charge in [-0.25, -0.2) is 4.79 Å². The monoisotopic (exact) mass is 1730 g/mol. The normalized spacial score (nSPS) is 41.1. The van der Waals surface area contributed by atoms with Gasteiger partial charge in [0.1, 0.15) is 153 Å². The van der Waals surface area contributed by atoms with Crippen LogP contribution in [0.3, 0.4) is 0 Å². The van der Waals surface area contributed by atoms with Crippen molar-refractivity contribution in [2.24, 2.45) is 0 Å². The van der Waals surface area contributed by atoms with E-state index in [4.69, 9.17) is 71.1 Å². The summed E-state index contributed by atoms with van der Waals surface area (Å²) >= 11 is 0. The van der Waals surface area contributed by atoms with E-state index in [2.05, 4.69) is 19.2 Å². The minimum absolute atomic E-state index is 0.0137. The number of ether oxygens (including phenoxy) is 15. The first-order chi connectivity index (χ1) is 56.6. The van der Waals surface area contributed by atoms with Crippen molar-refractivity contribution < 1.29 is 188 Å². The van der Waals surface area contributed by atoms with Gasteiger partial charge >= 0.3 is 5.97 Å². The van der Waals surface area contributed by atoms with E-state index in [0.29, 0.717) is 51.4 Å². The maximum Gasteiger partial charge on any atom is 0.333 e. The Morgan fingerprint density at radius 3 is 1.12 bits per heavy atom. The second kappa shape index (κ2) is 47.7. The number of allylic oxidation sites excluding steroid dienone is 8. The third-order valence-electron chi connectivity index (χ3n) is 22.9. The van der Waals surface area contributed by atoms with Crippen molar-refractivity contribution in [1.29, 1.82) is 0 Å². The summed E-state index contributed by atoms with van der Waals surface area (Å²) in [4.78, 5) is 13.5. The highest BCUT2D eigenvalue weighted by Gasteiger charge is 2.57. The quantitative estimate of drug-likeness (QED) is 0.0161. The molecule has 7 rings (SSSR count). The Kier molecular flexibility index (Phi) is 40.9. The fourth-order valence-corrected chi connectivity index (χ4v) is 14.8. The van der Waals surface area contributed by atoms with Gasteiger partial charge in [0.05, 0.1) is 69.2 Å². The van der Waals surface area contributed by atoms with Gasteiger partial charge in [0.15, 0.2) is 50.1 Å². The molecule has 0 bridgehead atoms. The van der Waals surface area contributed by atoms with Gasteiger partial charge < -0.3 is 183 Å². The second-order valence-corrected chi connectivity index (χ2v) is 32.9. The van der Waals surface area contributed by atoms with Crippen molar-refractivity contribution >= 4 is 5.97 Å². The third-order valence-corrected chi connectivity index (χ3v) is 22.9. The lowest BCUT2D eigenvalue weighted by Crippen LogP contribution is -2.65. The van der Waals surface area contributed by atoms with Crippen molar-refractivity contribution in [3.8, 4) is 0 Å². The Balaban J connectivity index is 0.828. The summed E-state index contributed by atoms with van der Waals surface area (Å²) in [5.74, 6) is -1.01. The Labute approximate surface area is 698 Å². The molecule has 7 aliphatic heterocycles. The summed E-state index contributed by atoms with van der Waals surface area (Å²) in [5, 5.41) is 235. The molecule has 0 spiro atoms. The molecule has 7 saturated heterocycles. The number of carbonyl (C=O) groups is 1. The molecule has 0 unspecified atom stereocenters. The summed E-state index contributed by atoms with van der Waals surface area (Å²) in [5.41, 5.74) is 2.36. The predicted molar refractivity (Wildman–Crippen MR) is 418 cm³/mol. The molecule has 0 aromatic heterocycles. The second-order valence-electron chi connectivity index (χ2n) is 32.9. The number of aliphatic hydroxyl groups excluding tert-OH is 22. The lowest BCUT2D eigenvalue weighted by atomic mass is 9.95. The van der Waals surface area contributed by atoms with Crippen LogP contribution in [0.2, 0.25) is 0 Å². The van der Waals surface area contributed by atoms with Gasteiger partial charge in [-0.05, 0) is 146 Å². The van der Waals surface area contributed by atoms with E-state index in [-0.39, 0.29) is 18.6 Å². The average Bonchev–Trinajstić information content (AvgIpc) is 0.786. The standard InChI is InChI=1S/C82H134O38/c1-13-81(11,119-79-71(62(98)56(92)49(34-85)112-79)117-76-64(100)59(95)54(90)47(32-83)110-76)28-18-26-39(4)21-15-20-38(3)23-17-25-42(7)36-106-74-68(104)70(53(89)45(10)108-74)116-78-66(102)61(97)58(94)51(114-78)37-107-75-67(103)69(52(88)44(9)109-75)115-73(105)43(8)31-46(87)30-41(6)24-16-22-40(5)27-19-29-82(12,14-2)120-80-72(63(99)57(93)50(35-86)113-80)118-77-65(101)60(96)55(91)48(33-84)111-77/h13-14,20,24-27,31,44-72,74-80,83-104H,1-2,15-19,21-23,28-30,32-37H2,3-12H3/b38-20+,39-26+,40-27+,41-24+,42-25-,43-31+/t44-,45-,46+,47+,48+,49+,50+,51+,52-,53-,54+,55+,56+,57+,58+,59-,60-,61-,62-,63-,64+,65+,66+,67+,68+,69+,70+,71+,72+,74+,75+,76-,77-,78-,79-,80-,81+,82+/m0/s1. The number of hydrogen-bond donors (Lipinski definition) is 22. The molecule has 0 amide bonds. The van der Waals surface area contributed by atoms with Crippen molar-refractivity contribution in [2.75, 3.05) is 39.6 Å². The van der Waals surface area contributed by atoms with Crippen LogP contribution in [0, 0.1) is 0 Å². The Morgan fingerprint density at radius 1 is 0.375 bits per heavy atom. The first-order valence-corrected chi connectivity index (χ1v) is 40.9. The van der Waals surface area contributed by atoms with Crippen LogP contribution in [0.5, 0.6) is 0 Å². The summed E-state index contributed by atoms with van der Waals surface area (Å²) in [7, 11) is 0. The van der Waals surface area contributed by atoms with Crippen LogP contribution < -0.4 is 0 Å². The zero-order valence-corrected chi connectivity index (χ0v) is 69.7. The zero-order valence-electron chi connectivity index (χ0n) is 69.7. The molecule has 0 aromatic rings. The molecule has 38 nitrogen and oxygen atoms in total. The van der Waals surface area contributed by atoms with Gasteiger partial charge in [0, 0.05) is 5.57 Å². The molecule has 120 heavy (non-hydrogen) atoms. The van der Waals surface area contributed by atoms with E-state index in [1.165, 1.54) is 39.0 Å². The van der Waals surface area contributed by atoms with Crippen LogP contribution in [0.25, 0.3) is 0 Å². The van der Waals surface area contributed by atoms with Crippen LogP contribution in [0.4, 0.5) is 0 Å². The van der Waals surface area contributed by atoms with Crippen molar-refractivity contribution in [3.63, 3.8) is 0 Å². The van der Waals surface area contributed by atoms with Crippen molar-refractivity contribution in [1.82, 2.24) is 0 Å². The summed E-state index contributed by atoms with van der Waals surface area (Å²) in [6.07, 6.45) is -37.7. The van der Waals surface area contributed by atoms with E-state index < -0.39 is 271 Å². The fourth-order valence-electron chi connectivity index (χ4n) is 14.8. The van der Waals surface area contributed by atoms with Gasteiger partial charge in [0.2, 0.25) is 0 Å². The summed E-state index contributed by atoms with van der Waals surface area (Å²) in [6, 6.07) is 0. The van der Waals surface area contributed by atoms with Gasteiger partial charge in [-0.3, -0.25) is 0 Å². The number of esters is 1. The van der Waals surface area contributed by atoms with E-state index in [1.54, 1.807) is 20.8 Å². The molecular formula is C82H134O38. The predicted octanol–water partition coefficient (Wildman–Crippen LogP) is -3.44. The molecule has 38 heteroatoms. The first kappa shape index (κ1) is 103. The van der Waals surface area contributed by atoms with Crippen LogP contribution in [0.15, 0.2) is 95.2 Å². The Bertz CT molecular complexity index is 3340. The molecule has 22 N–H and O–H groups in total. The molecule has 690 valence electrons. The number of hydrogen-bond acceptors (Lipinski definition) is 38. The molecular weight excluding hydrogens is 1590 g/mol. The topological polar surface area (TPSA) is 601 Å². The van der Waals surface area contributed by atoms with Crippen LogP contribution in [-0.2, 0) is 75.8 Å². The average molecular weight is 1730 g/mol. The van der Waals surface area contributed by atoms with Crippen LogP contribution in [-0.4, -0.2) is 390 Å². The smallest absolute Gasteiger partial charge is 0.333 e. The largest absolute Gasteiger partial charge is 0.453 e. The van der Waals surface area contributed by atoms with E-state index in [0.717, 1.165) is 40.7 Å². The van der Waals surface area contributed by atoms with Crippen LogP contribution in [0.1, 0.15) is 140 Å². The van der Waals surface area contributed by atoms with E-state index in [1.807, 2.05) is 52.0 Å². The SMILES string of the molecule is C=C[C@](C)(CC/C=C(\C)CC/C=C(\C)CC/C=C(/C)CO[C@@H]1O[C@@H](C)[C@H](O)[C@@H](O[C@@H]2O[C@H](CO[C@@H]3O[C@@H](C)[C@H](O)[C@@H](OC(=O)/C(C)=C/[C@H](O)C/C(C)=C/CC/C(C)=C/CC[C@@](C)(C=C)O[C@@H]4O[C@H](CO)[C@@H](O)[C@H](O)[C@H]4O[C@@H]4O[C@H](CO)[C@@H](O)[C@H](O)[C@H]4O)[C@H]3O)[C@@H](O)[C@H](O)[C@H]2O)[C@H]1O)O[C@@H]1O[C@H](CO)[C@@H](O)[C@H](O)[C@H]1O[C@@H]1O[C@H](CO)[C@@H](O)[C@H](O)[C@H]1O.